The van der Waals surface area contributed by atoms with Gasteiger partial charge in [-0.2, -0.15) is 0 Å². The highest BCUT2D eigenvalue weighted by Gasteiger charge is 2.35. The zero-order chi connectivity index (χ0) is 25.4. The lowest BCUT2D eigenvalue weighted by atomic mass is 9.93. The van der Waals surface area contributed by atoms with E-state index < -0.39 is 10.0 Å². The maximum atomic E-state index is 13.4. The van der Waals surface area contributed by atoms with E-state index in [4.69, 9.17) is 4.74 Å². The van der Waals surface area contributed by atoms with Crippen LogP contribution in [0.1, 0.15) is 50.4 Å². The van der Waals surface area contributed by atoms with E-state index in [1.807, 2.05) is 18.2 Å². The smallest absolute Gasteiger partial charge is 0.269 e. The fourth-order valence-corrected chi connectivity index (χ4v) is 6.34. The Morgan fingerprint density at radius 1 is 1.14 bits per heavy atom. The van der Waals surface area contributed by atoms with Crippen molar-refractivity contribution in [2.24, 2.45) is 5.92 Å². The fourth-order valence-electron chi connectivity index (χ4n) is 5.04. The van der Waals surface area contributed by atoms with Crippen LogP contribution in [-0.4, -0.2) is 51.0 Å². The summed E-state index contributed by atoms with van der Waals surface area (Å²) in [6.45, 7) is 6.50. The van der Waals surface area contributed by atoms with Crippen LogP contribution in [0.4, 0.5) is 0 Å². The monoisotopic (exact) mass is 507 g/mol. The highest BCUT2D eigenvalue weighted by molar-refractivity contribution is 7.90. The van der Waals surface area contributed by atoms with Crippen molar-refractivity contribution in [3.05, 3.63) is 65.8 Å². The van der Waals surface area contributed by atoms with Crippen LogP contribution in [-0.2, 0) is 19.6 Å². The summed E-state index contributed by atoms with van der Waals surface area (Å²) in [5.41, 5.74) is 3.57. The molecule has 0 amide bonds. The van der Waals surface area contributed by atoms with Crippen molar-refractivity contribution < 1.29 is 17.9 Å². The van der Waals surface area contributed by atoms with E-state index in [-0.39, 0.29) is 23.2 Å². The molecule has 36 heavy (non-hydrogen) atoms. The van der Waals surface area contributed by atoms with Gasteiger partial charge in [0.05, 0.1) is 16.6 Å². The number of fused-ring (bicyclic) bond motifs is 3. The second kappa shape index (κ2) is 9.59. The molecule has 0 aliphatic heterocycles. The van der Waals surface area contributed by atoms with Crippen molar-refractivity contribution in [2.45, 2.75) is 50.8 Å². The van der Waals surface area contributed by atoms with Crippen LogP contribution in [0.25, 0.3) is 16.8 Å². The second-order valence-electron chi connectivity index (χ2n) is 9.24. The van der Waals surface area contributed by atoms with Gasteiger partial charge in [-0.15, -0.1) is 10.2 Å². The molecule has 1 fully saturated rings. The number of benzene rings is 1. The molecule has 1 aromatic carbocycles. The number of rotatable bonds is 8. The molecule has 0 N–H and O–H groups in total. The summed E-state index contributed by atoms with van der Waals surface area (Å²) in [5.74, 6) is 1.08. The first-order valence-corrected chi connectivity index (χ1v) is 13.6. The van der Waals surface area contributed by atoms with Crippen molar-refractivity contribution in [3.8, 4) is 0 Å². The zero-order valence-corrected chi connectivity index (χ0v) is 21.4. The molecule has 9 nitrogen and oxygen atoms in total. The Morgan fingerprint density at radius 3 is 2.64 bits per heavy atom. The predicted molar refractivity (Wildman–Crippen MR) is 135 cm³/mol. The summed E-state index contributed by atoms with van der Waals surface area (Å²) in [5, 5.41) is 8.84. The number of allylic oxidation sites excluding steroid dienone is 1. The summed E-state index contributed by atoms with van der Waals surface area (Å²) in [7, 11) is -3.83. The van der Waals surface area contributed by atoms with E-state index in [9.17, 15) is 13.2 Å². The van der Waals surface area contributed by atoms with Crippen molar-refractivity contribution in [1.82, 2.24) is 23.6 Å². The van der Waals surface area contributed by atoms with Crippen LogP contribution >= 0.6 is 0 Å². The Kier molecular flexibility index (Phi) is 6.48. The van der Waals surface area contributed by atoms with Gasteiger partial charge in [0.25, 0.3) is 10.0 Å². The van der Waals surface area contributed by atoms with E-state index in [1.165, 1.54) is 10.2 Å². The predicted octanol–water partition coefficient (Wildman–Crippen LogP) is 4.06. The first-order valence-electron chi connectivity index (χ1n) is 12.2. The number of nitrogens with zero attached hydrogens (tertiary/aromatic N) is 5. The molecule has 0 radical (unpaired) electrons. The molecule has 1 aliphatic carbocycles. The third-order valence-corrected chi connectivity index (χ3v) is 8.57. The van der Waals surface area contributed by atoms with E-state index >= 15 is 0 Å². The standard InChI is InChI=1S/C26H29N5O4S/c1-4-19-12-18(13-20(32)16-35-5-2)14-22(19)25-29-28-24-15-27-26-23(31(24)25)10-11-30(26)36(33,34)21-8-6-17(3)7-9-21/h6-11,13,15,19,22H,4-5,12,14,16H2,1-3H3/b18-13+/t19-,22+/m1/s1. The number of hydrogen-bond donors (Lipinski definition) is 0. The molecule has 3 heterocycles. The number of carbonyl (C=O) groups is 1. The van der Waals surface area contributed by atoms with Crippen LogP contribution in [0.2, 0.25) is 0 Å². The lowest BCUT2D eigenvalue weighted by Crippen LogP contribution is -2.13. The molecule has 0 saturated heterocycles. The lowest BCUT2D eigenvalue weighted by molar-refractivity contribution is -0.118. The largest absolute Gasteiger partial charge is 0.374 e. The second-order valence-corrected chi connectivity index (χ2v) is 11.1. The Hall–Kier alpha value is -3.37. The minimum atomic E-state index is -3.83. The molecule has 10 heteroatoms. The van der Waals surface area contributed by atoms with Gasteiger partial charge in [0.2, 0.25) is 0 Å². The average molecular weight is 508 g/mol. The topological polar surface area (TPSA) is 108 Å². The van der Waals surface area contributed by atoms with Crippen LogP contribution < -0.4 is 0 Å². The van der Waals surface area contributed by atoms with Crippen molar-refractivity contribution in [2.75, 3.05) is 13.2 Å². The maximum absolute atomic E-state index is 13.4. The van der Waals surface area contributed by atoms with Crippen LogP contribution in [0.3, 0.4) is 0 Å². The first-order chi connectivity index (χ1) is 17.3. The summed E-state index contributed by atoms with van der Waals surface area (Å²) in [6.07, 6.45) is 7.23. The van der Waals surface area contributed by atoms with Crippen molar-refractivity contribution in [3.63, 3.8) is 0 Å². The lowest BCUT2D eigenvalue weighted by Gasteiger charge is -2.16. The number of ether oxygens (including phenoxy) is 1. The Morgan fingerprint density at radius 2 is 1.92 bits per heavy atom. The summed E-state index contributed by atoms with van der Waals surface area (Å²) in [4.78, 5) is 16.9. The average Bonchev–Trinajstić information content (AvgIpc) is 3.58. The minimum absolute atomic E-state index is 0.0292. The summed E-state index contributed by atoms with van der Waals surface area (Å²) in [6, 6.07) is 8.50. The van der Waals surface area contributed by atoms with Gasteiger partial charge < -0.3 is 4.74 Å². The molecule has 0 unspecified atom stereocenters. The summed E-state index contributed by atoms with van der Waals surface area (Å²) >= 11 is 0. The van der Waals surface area contributed by atoms with E-state index in [0.29, 0.717) is 35.8 Å². The normalized spacial score (nSPS) is 19.6. The van der Waals surface area contributed by atoms with Gasteiger partial charge in [0.1, 0.15) is 12.4 Å². The zero-order valence-electron chi connectivity index (χ0n) is 20.6. The molecule has 0 spiro atoms. The van der Waals surface area contributed by atoms with E-state index in [0.717, 1.165) is 29.8 Å². The van der Waals surface area contributed by atoms with Gasteiger partial charge in [-0.25, -0.2) is 17.4 Å². The third kappa shape index (κ3) is 4.24. The van der Waals surface area contributed by atoms with Crippen LogP contribution in [0.15, 0.2) is 59.3 Å². The van der Waals surface area contributed by atoms with Gasteiger partial charge in [0, 0.05) is 18.7 Å². The van der Waals surface area contributed by atoms with Gasteiger partial charge >= 0.3 is 0 Å². The molecule has 5 rings (SSSR count). The molecule has 2 atom stereocenters. The molecule has 0 bridgehead atoms. The molecule has 4 aromatic rings. The summed E-state index contributed by atoms with van der Waals surface area (Å²) < 4.78 is 35.1. The molecule has 1 saturated carbocycles. The van der Waals surface area contributed by atoms with Gasteiger partial charge in [0.15, 0.2) is 17.1 Å². The van der Waals surface area contributed by atoms with Crippen LogP contribution in [0.5, 0.6) is 0 Å². The number of hydrogen-bond acceptors (Lipinski definition) is 7. The number of aryl methyl sites for hydroxylation is 1. The maximum Gasteiger partial charge on any atom is 0.269 e. The molecular weight excluding hydrogens is 478 g/mol. The number of carbonyl (C=O) groups excluding carboxylic acids is 1. The number of aromatic nitrogens is 5. The highest BCUT2D eigenvalue weighted by atomic mass is 32.2. The molecule has 1 aliphatic rings. The minimum Gasteiger partial charge on any atom is -0.374 e. The third-order valence-electron chi connectivity index (χ3n) is 6.88. The first kappa shape index (κ1) is 24.3. The van der Waals surface area contributed by atoms with E-state index in [1.54, 1.807) is 42.6 Å². The Balaban J connectivity index is 1.56. The highest BCUT2D eigenvalue weighted by Crippen LogP contribution is 2.44. The van der Waals surface area contributed by atoms with Crippen molar-refractivity contribution >= 4 is 32.6 Å². The SMILES string of the molecule is CCOCC(=O)/C=C1\C[C@@H](CC)[C@@H](c2nnc3cnc4c(ccn4S(=O)(=O)c4ccc(C)cc4)n23)C1. The fraction of sp³-hybridized carbons (Fsp3) is 0.385. The van der Waals surface area contributed by atoms with Gasteiger partial charge in [-0.3, -0.25) is 9.20 Å². The molecule has 188 valence electrons. The van der Waals surface area contributed by atoms with Gasteiger partial charge in [-0.1, -0.05) is 36.6 Å². The molecule has 3 aromatic heterocycles. The van der Waals surface area contributed by atoms with E-state index in [2.05, 4.69) is 22.1 Å². The van der Waals surface area contributed by atoms with Gasteiger partial charge in [-0.05, 0) is 56.9 Å². The quantitative estimate of drug-likeness (QED) is 0.331. The Labute approximate surface area is 209 Å². The van der Waals surface area contributed by atoms with Crippen LogP contribution in [0, 0.1) is 12.8 Å². The molecular formula is C26H29N5O4S. The van der Waals surface area contributed by atoms with Crippen molar-refractivity contribution in [1.29, 1.82) is 0 Å². The number of ketones is 1. The Bertz CT molecular complexity index is 1570.